The molecule has 7 nitrogen and oxygen atoms in total. The number of carbonyl (C=O) groups excluding carboxylic acids is 2. The highest BCUT2D eigenvalue weighted by atomic mass is 16.6. The standard InChI is InChI=1S/C22H26N2O5/c1-2-16-3-5-17(6-4-16)15-29-22(27)24-11-12-28-20(14-24)13-23-21(26)18-7-9-19(25)10-8-18/h3-10,20,25H,2,11-15H2,1H3,(H,23,26)/t20-/m1/s1. The molecule has 2 aromatic carbocycles. The lowest BCUT2D eigenvalue weighted by Gasteiger charge is -2.32. The number of aryl methyl sites for hydroxylation is 1. The second-order valence-corrected chi connectivity index (χ2v) is 6.92. The molecule has 0 aliphatic carbocycles. The summed E-state index contributed by atoms with van der Waals surface area (Å²) in [6, 6.07) is 14.0. The lowest BCUT2D eigenvalue weighted by Crippen LogP contribution is -2.49. The zero-order chi connectivity index (χ0) is 20.6. The van der Waals surface area contributed by atoms with Crippen LogP contribution in [0.15, 0.2) is 48.5 Å². The minimum Gasteiger partial charge on any atom is -0.508 e. The molecule has 1 aliphatic rings. The van der Waals surface area contributed by atoms with Crippen molar-refractivity contribution in [1.82, 2.24) is 10.2 Å². The van der Waals surface area contributed by atoms with Crippen LogP contribution in [0.3, 0.4) is 0 Å². The maximum Gasteiger partial charge on any atom is 0.410 e. The maximum atomic E-state index is 12.4. The Labute approximate surface area is 170 Å². The van der Waals surface area contributed by atoms with Crippen LogP contribution in [0.1, 0.15) is 28.4 Å². The molecule has 2 aromatic rings. The molecule has 7 heteroatoms. The third-order valence-corrected chi connectivity index (χ3v) is 4.81. The minimum atomic E-state index is -0.386. The highest BCUT2D eigenvalue weighted by Gasteiger charge is 2.25. The second kappa shape index (κ2) is 9.93. The van der Waals surface area contributed by atoms with Crippen molar-refractivity contribution >= 4 is 12.0 Å². The van der Waals surface area contributed by atoms with Gasteiger partial charge in [-0.25, -0.2) is 4.79 Å². The van der Waals surface area contributed by atoms with E-state index in [2.05, 4.69) is 12.2 Å². The number of morpholine rings is 1. The molecule has 154 valence electrons. The Morgan fingerprint density at radius 3 is 2.52 bits per heavy atom. The van der Waals surface area contributed by atoms with E-state index in [1.807, 2.05) is 24.3 Å². The number of phenolic OH excluding ortho intramolecular Hbond substituents is 1. The number of benzene rings is 2. The van der Waals surface area contributed by atoms with Gasteiger partial charge in [0.25, 0.3) is 5.91 Å². The summed E-state index contributed by atoms with van der Waals surface area (Å²) >= 11 is 0. The number of carbonyl (C=O) groups is 2. The van der Waals surface area contributed by atoms with Crippen LogP contribution in [0.2, 0.25) is 0 Å². The van der Waals surface area contributed by atoms with Gasteiger partial charge in [-0.05, 0) is 41.8 Å². The first-order chi connectivity index (χ1) is 14.0. The van der Waals surface area contributed by atoms with Crippen molar-refractivity contribution in [3.8, 4) is 5.75 Å². The van der Waals surface area contributed by atoms with E-state index in [1.54, 1.807) is 17.0 Å². The molecule has 0 spiro atoms. The number of ether oxygens (including phenoxy) is 2. The third kappa shape index (κ3) is 5.96. The Kier molecular flexibility index (Phi) is 7.08. The van der Waals surface area contributed by atoms with E-state index >= 15 is 0 Å². The zero-order valence-electron chi connectivity index (χ0n) is 16.5. The maximum absolute atomic E-state index is 12.4. The third-order valence-electron chi connectivity index (χ3n) is 4.81. The number of phenols is 1. The van der Waals surface area contributed by atoms with Gasteiger partial charge in [-0.1, -0.05) is 31.2 Å². The fraction of sp³-hybridized carbons (Fsp3) is 0.364. The summed E-state index contributed by atoms with van der Waals surface area (Å²) in [4.78, 5) is 26.1. The average Bonchev–Trinajstić information content (AvgIpc) is 2.77. The molecule has 1 aliphatic heterocycles. The van der Waals surface area contributed by atoms with E-state index < -0.39 is 0 Å². The van der Waals surface area contributed by atoms with Crippen LogP contribution in [0.25, 0.3) is 0 Å². The van der Waals surface area contributed by atoms with Crippen molar-refractivity contribution in [1.29, 1.82) is 0 Å². The van der Waals surface area contributed by atoms with Crippen molar-refractivity contribution in [2.75, 3.05) is 26.2 Å². The topological polar surface area (TPSA) is 88.1 Å². The van der Waals surface area contributed by atoms with Crippen molar-refractivity contribution in [2.24, 2.45) is 0 Å². The summed E-state index contributed by atoms with van der Waals surface area (Å²) in [5.41, 5.74) is 2.64. The minimum absolute atomic E-state index is 0.104. The summed E-state index contributed by atoms with van der Waals surface area (Å²) in [6.45, 7) is 3.79. The van der Waals surface area contributed by atoms with Crippen LogP contribution in [0.5, 0.6) is 5.75 Å². The van der Waals surface area contributed by atoms with Crippen LogP contribution >= 0.6 is 0 Å². The Balaban J connectivity index is 1.44. The number of nitrogens with one attached hydrogen (secondary N) is 1. The van der Waals surface area contributed by atoms with E-state index in [0.717, 1.165) is 12.0 Å². The first-order valence-corrected chi connectivity index (χ1v) is 9.73. The predicted molar refractivity (Wildman–Crippen MR) is 108 cm³/mol. The van der Waals surface area contributed by atoms with Gasteiger partial charge < -0.3 is 24.8 Å². The largest absolute Gasteiger partial charge is 0.508 e. The fourth-order valence-electron chi connectivity index (χ4n) is 3.04. The molecule has 1 saturated heterocycles. The van der Waals surface area contributed by atoms with E-state index in [9.17, 15) is 14.7 Å². The average molecular weight is 398 g/mol. The Morgan fingerprint density at radius 1 is 1.14 bits per heavy atom. The summed E-state index contributed by atoms with van der Waals surface area (Å²) in [7, 11) is 0. The van der Waals surface area contributed by atoms with E-state index in [-0.39, 0.29) is 37.0 Å². The van der Waals surface area contributed by atoms with Crippen LogP contribution in [-0.2, 0) is 22.5 Å². The molecule has 3 rings (SSSR count). The molecule has 1 atom stereocenters. The van der Waals surface area contributed by atoms with E-state index in [1.165, 1.54) is 17.7 Å². The van der Waals surface area contributed by atoms with E-state index in [0.29, 0.717) is 25.3 Å². The normalized spacial score (nSPS) is 16.3. The lowest BCUT2D eigenvalue weighted by molar-refractivity contribution is -0.0263. The summed E-state index contributed by atoms with van der Waals surface area (Å²) in [6.07, 6.45) is 0.280. The molecule has 0 bridgehead atoms. The quantitative estimate of drug-likeness (QED) is 0.781. The van der Waals surface area contributed by atoms with Gasteiger partial charge >= 0.3 is 6.09 Å². The predicted octanol–water partition coefficient (Wildman–Crippen LogP) is 2.72. The van der Waals surface area contributed by atoms with Crippen LogP contribution in [0, 0.1) is 0 Å². The highest BCUT2D eigenvalue weighted by Crippen LogP contribution is 2.12. The molecule has 0 saturated carbocycles. The first-order valence-electron chi connectivity index (χ1n) is 9.73. The Morgan fingerprint density at radius 2 is 1.83 bits per heavy atom. The number of amides is 2. The van der Waals surface area contributed by atoms with Crippen molar-refractivity contribution < 1.29 is 24.2 Å². The van der Waals surface area contributed by atoms with Gasteiger partial charge in [0, 0.05) is 18.7 Å². The van der Waals surface area contributed by atoms with Gasteiger partial charge in [0.2, 0.25) is 0 Å². The molecule has 1 fully saturated rings. The van der Waals surface area contributed by atoms with Crippen LogP contribution in [0.4, 0.5) is 4.79 Å². The van der Waals surface area contributed by atoms with E-state index in [4.69, 9.17) is 9.47 Å². The van der Waals surface area contributed by atoms with Gasteiger partial charge in [0.1, 0.15) is 12.4 Å². The van der Waals surface area contributed by atoms with Crippen LogP contribution < -0.4 is 5.32 Å². The number of nitrogens with zero attached hydrogens (tertiary/aromatic N) is 1. The summed E-state index contributed by atoms with van der Waals surface area (Å²) < 4.78 is 11.1. The molecular formula is C22H26N2O5. The highest BCUT2D eigenvalue weighted by molar-refractivity contribution is 5.94. The lowest BCUT2D eigenvalue weighted by atomic mass is 10.1. The number of aromatic hydroxyl groups is 1. The monoisotopic (exact) mass is 398 g/mol. The zero-order valence-corrected chi connectivity index (χ0v) is 16.5. The van der Waals surface area contributed by atoms with Gasteiger partial charge in [-0.15, -0.1) is 0 Å². The van der Waals surface area contributed by atoms with Crippen molar-refractivity contribution in [3.05, 3.63) is 65.2 Å². The fourth-order valence-corrected chi connectivity index (χ4v) is 3.04. The molecule has 2 amide bonds. The second-order valence-electron chi connectivity index (χ2n) is 6.92. The molecule has 0 unspecified atom stereocenters. The van der Waals surface area contributed by atoms with Gasteiger partial charge in [-0.3, -0.25) is 4.79 Å². The van der Waals surface area contributed by atoms with Gasteiger partial charge in [0.05, 0.1) is 19.3 Å². The van der Waals surface area contributed by atoms with Crippen LogP contribution in [-0.4, -0.2) is 54.4 Å². The molecule has 2 N–H and O–H groups in total. The Bertz CT molecular complexity index is 820. The Hall–Kier alpha value is -3.06. The van der Waals surface area contributed by atoms with Crippen molar-refractivity contribution in [3.63, 3.8) is 0 Å². The number of hydrogen-bond acceptors (Lipinski definition) is 5. The molecule has 0 radical (unpaired) electrons. The smallest absolute Gasteiger partial charge is 0.410 e. The molecule has 0 aromatic heterocycles. The first kappa shape index (κ1) is 20.7. The molecular weight excluding hydrogens is 372 g/mol. The number of hydrogen-bond donors (Lipinski definition) is 2. The SMILES string of the molecule is CCc1ccc(COC(=O)N2CCO[C@H](CNC(=O)c3ccc(O)cc3)C2)cc1. The summed E-state index contributed by atoms with van der Waals surface area (Å²) in [5.74, 6) is -0.156. The van der Waals surface area contributed by atoms with Gasteiger partial charge in [-0.2, -0.15) is 0 Å². The number of rotatable bonds is 6. The summed E-state index contributed by atoms with van der Waals surface area (Å²) in [5, 5.41) is 12.1. The molecule has 29 heavy (non-hydrogen) atoms. The van der Waals surface area contributed by atoms with Gasteiger partial charge in [0.15, 0.2) is 0 Å². The van der Waals surface area contributed by atoms with Crippen molar-refractivity contribution in [2.45, 2.75) is 26.1 Å². The molecule has 1 heterocycles.